The van der Waals surface area contributed by atoms with Crippen molar-refractivity contribution in [3.8, 4) is 5.75 Å². The fourth-order valence-electron chi connectivity index (χ4n) is 6.69. The van der Waals surface area contributed by atoms with Crippen LogP contribution in [-0.4, -0.2) is 29.9 Å². The second-order valence-electron chi connectivity index (χ2n) is 9.85. The van der Waals surface area contributed by atoms with E-state index < -0.39 is 0 Å². The van der Waals surface area contributed by atoms with Crippen molar-refractivity contribution in [3.63, 3.8) is 0 Å². The lowest BCUT2D eigenvalue weighted by atomic mass is 9.55. The van der Waals surface area contributed by atoms with Gasteiger partial charge in [0.25, 0.3) is 0 Å². The molecule has 2 saturated carbocycles. The van der Waals surface area contributed by atoms with E-state index in [0.717, 1.165) is 38.5 Å². The molecule has 0 aromatic heterocycles. The molecule has 0 saturated heterocycles. The summed E-state index contributed by atoms with van der Waals surface area (Å²) < 4.78 is 7.64. The van der Waals surface area contributed by atoms with Gasteiger partial charge in [-0.25, -0.2) is 4.58 Å². The van der Waals surface area contributed by atoms with Crippen molar-refractivity contribution in [2.45, 2.75) is 63.9 Å². The van der Waals surface area contributed by atoms with Crippen LogP contribution in [0.4, 0.5) is 0 Å². The molecule has 0 N–H and O–H groups in total. The van der Waals surface area contributed by atoms with Crippen molar-refractivity contribution in [1.82, 2.24) is 0 Å². The third-order valence-corrected chi connectivity index (χ3v) is 8.28. The number of hydrogen-bond acceptors (Lipinski definition) is 3. The van der Waals surface area contributed by atoms with Gasteiger partial charge in [0.15, 0.2) is 12.4 Å². The Morgan fingerprint density at radius 3 is 2.93 bits per heavy atom. The predicted octanol–water partition coefficient (Wildman–Crippen LogP) is 3.42. The number of nitrogens with zero attached hydrogens (tertiary/aromatic N) is 1. The third kappa shape index (κ3) is 3.16. The van der Waals surface area contributed by atoms with Crippen molar-refractivity contribution < 1.29 is 19.2 Å². The van der Waals surface area contributed by atoms with Crippen LogP contribution in [0.2, 0.25) is 0 Å². The molecule has 4 heteroatoms. The first-order valence-electron chi connectivity index (χ1n) is 11.2. The minimum Gasteiger partial charge on any atom is -0.852 e. The largest absolute Gasteiger partial charge is 0.852 e. The van der Waals surface area contributed by atoms with Crippen LogP contribution in [-0.2, 0) is 11.2 Å². The molecule has 4 unspecified atom stereocenters. The zero-order valence-electron chi connectivity index (χ0n) is 17.5. The molecule has 5 rings (SSSR count). The van der Waals surface area contributed by atoms with E-state index in [9.17, 15) is 9.90 Å². The van der Waals surface area contributed by atoms with E-state index in [1.165, 1.54) is 11.1 Å². The highest BCUT2D eigenvalue weighted by molar-refractivity contribution is 5.90. The van der Waals surface area contributed by atoms with Crippen LogP contribution in [0.25, 0.3) is 0 Å². The predicted molar refractivity (Wildman–Crippen MR) is 110 cm³/mol. The molecule has 4 nitrogen and oxygen atoms in total. The van der Waals surface area contributed by atoms with E-state index >= 15 is 0 Å². The summed E-state index contributed by atoms with van der Waals surface area (Å²) in [7, 11) is 1.93. The third-order valence-electron chi connectivity index (χ3n) is 8.28. The smallest absolute Gasteiger partial charge is 0.324 e. The van der Waals surface area contributed by atoms with Crippen LogP contribution in [0.5, 0.6) is 5.75 Å². The first-order valence-corrected chi connectivity index (χ1v) is 11.2. The van der Waals surface area contributed by atoms with E-state index in [0.29, 0.717) is 29.9 Å². The molecule has 0 bridgehead atoms. The van der Waals surface area contributed by atoms with Gasteiger partial charge in [0.1, 0.15) is 18.7 Å². The van der Waals surface area contributed by atoms with Crippen molar-refractivity contribution in [2.24, 2.45) is 23.2 Å². The Labute approximate surface area is 173 Å². The summed E-state index contributed by atoms with van der Waals surface area (Å²) in [6, 6.07) is 6.25. The molecule has 1 aliphatic heterocycles. The van der Waals surface area contributed by atoms with E-state index in [1.54, 1.807) is 0 Å². The van der Waals surface area contributed by atoms with Crippen LogP contribution in [0.1, 0.15) is 62.5 Å². The zero-order chi connectivity index (χ0) is 20.2. The summed E-state index contributed by atoms with van der Waals surface area (Å²) in [6.45, 7) is 2.26. The number of benzene rings is 1. The van der Waals surface area contributed by atoms with Gasteiger partial charge in [-0.3, -0.25) is 4.79 Å². The lowest BCUT2D eigenvalue weighted by Gasteiger charge is -2.52. The Bertz CT molecular complexity index is 888. The van der Waals surface area contributed by atoms with E-state index in [1.807, 2.05) is 36.2 Å². The van der Waals surface area contributed by atoms with Crippen molar-refractivity contribution in [1.29, 1.82) is 0 Å². The summed E-state index contributed by atoms with van der Waals surface area (Å²) in [6.07, 6.45) is 12.5. The average molecular weight is 394 g/mol. The Balaban J connectivity index is 1.34. The van der Waals surface area contributed by atoms with Crippen molar-refractivity contribution >= 4 is 12.2 Å². The maximum atomic E-state index is 12.6. The molecule has 1 aromatic carbocycles. The molecule has 0 spiro atoms. The van der Waals surface area contributed by atoms with Crippen LogP contribution >= 0.6 is 0 Å². The minimum absolute atomic E-state index is 0.00619. The van der Waals surface area contributed by atoms with Gasteiger partial charge >= 0.3 is 5.97 Å². The molecule has 1 heterocycles. The molecular formula is C25H31NO3. The topological polar surface area (TPSA) is 52.4 Å². The molecule has 4 aliphatic rings. The Kier molecular flexibility index (Phi) is 4.65. The Morgan fingerprint density at radius 2 is 2.10 bits per heavy atom. The van der Waals surface area contributed by atoms with Gasteiger partial charge in [-0.05, 0) is 84.6 Å². The Morgan fingerprint density at radius 1 is 1.24 bits per heavy atom. The maximum Gasteiger partial charge on any atom is 0.324 e. The van der Waals surface area contributed by atoms with Crippen LogP contribution in [0, 0.1) is 23.2 Å². The van der Waals surface area contributed by atoms with Gasteiger partial charge in [0.2, 0.25) is 0 Å². The number of esters is 1. The van der Waals surface area contributed by atoms with Gasteiger partial charge in [0, 0.05) is 0 Å². The monoisotopic (exact) mass is 393 g/mol. The van der Waals surface area contributed by atoms with Crippen LogP contribution < -0.4 is 9.84 Å². The normalized spacial score (nSPS) is 37.9. The highest BCUT2D eigenvalue weighted by Crippen LogP contribution is 2.60. The standard InChI is InChI=1S/C25H31NO3/c1-25-12-11-20-19-8-6-18(29-24(28)17-4-3-13-26(2)15-17)14-16(19)5-7-21(20)22(25)9-10-23(25)27/h3,6,8,13-15,17,20-23H,4-5,7,9-12H2,1-2H3/t17?,20?,21?,22?,23-,25-/m0/s1. The number of rotatable bonds is 2. The highest BCUT2D eigenvalue weighted by atomic mass is 16.5. The summed E-state index contributed by atoms with van der Waals surface area (Å²) in [5.74, 6) is 2.06. The van der Waals surface area contributed by atoms with Gasteiger partial charge in [-0.1, -0.05) is 25.8 Å². The number of allylic oxidation sites excluding steroid dienone is 1. The molecule has 3 aliphatic carbocycles. The SMILES string of the molecule is C[N+]1=CC(C(=O)Oc2ccc3c(c2)CCC2C3CC[C@@]3(C)C2CC[C@@H]3[O-])CC=C1. The quantitative estimate of drug-likeness (QED) is 0.439. The molecule has 154 valence electrons. The average Bonchev–Trinajstić information content (AvgIpc) is 3.02. The van der Waals surface area contributed by atoms with Crippen molar-refractivity contribution in [2.75, 3.05) is 7.05 Å². The second-order valence-corrected chi connectivity index (χ2v) is 9.85. The number of aryl methyl sites for hydroxylation is 1. The molecule has 29 heavy (non-hydrogen) atoms. The number of fused-ring (bicyclic) bond motifs is 5. The first-order chi connectivity index (χ1) is 14.0. The molecule has 1 aromatic rings. The molecule has 0 radical (unpaired) electrons. The van der Waals surface area contributed by atoms with Crippen molar-refractivity contribution in [3.05, 3.63) is 41.6 Å². The van der Waals surface area contributed by atoms with Gasteiger partial charge < -0.3 is 9.84 Å². The van der Waals surface area contributed by atoms with Crippen LogP contribution in [0.3, 0.4) is 0 Å². The summed E-state index contributed by atoms with van der Waals surface area (Å²) in [4.78, 5) is 12.6. The molecule has 2 fully saturated rings. The Hall–Kier alpha value is -1.94. The minimum atomic E-state index is -0.373. The number of hydrogen-bond donors (Lipinski definition) is 0. The molecular weight excluding hydrogens is 362 g/mol. The van der Waals surface area contributed by atoms with Crippen LogP contribution in [0.15, 0.2) is 30.5 Å². The summed E-state index contributed by atoms with van der Waals surface area (Å²) in [5.41, 5.74) is 2.78. The molecule has 0 amide bonds. The lowest BCUT2D eigenvalue weighted by molar-refractivity contribution is -0.445. The van der Waals surface area contributed by atoms with Gasteiger partial charge in [-0.15, -0.1) is 6.10 Å². The summed E-state index contributed by atoms with van der Waals surface area (Å²) in [5, 5.41) is 12.6. The second kappa shape index (κ2) is 7.09. The fourth-order valence-corrected chi connectivity index (χ4v) is 6.69. The lowest BCUT2D eigenvalue weighted by Crippen LogP contribution is -2.48. The number of carbonyl (C=O) groups is 1. The van der Waals surface area contributed by atoms with Gasteiger partial charge in [-0.2, -0.15) is 0 Å². The van der Waals surface area contributed by atoms with E-state index in [-0.39, 0.29) is 23.4 Å². The molecule has 6 atom stereocenters. The number of ether oxygens (including phenoxy) is 1. The van der Waals surface area contributed by atoms with E-state index in [4.69, 9.17) is 4.74 Å². The first kappa shape index (κ1) is 19.0. The zero-order valence-corrected chi connectivity index (χ0v) is 17.5. The number of carbonyl (C=O) groups excluding carboxylic acids is 1. The van der Waals surface area contributed by atoms with E-state index in [2.05, 4.69) is 19.1 Å². The fraction of sp³-hybridized carbons (Fsp3) is 0.600. The summed E-state index contributed by atoms with van der Waals surface area (Å²) >= 11 is 0. The van der Waals surface area contributed by atoms with Gasteiger partial charge in [0.05, 0.1) is 0 Å². The maximum absolute atomic E-state index is 12.6. The highest BCUT2D eigenvalue weighted by Gasteiger charge is 2.51.